The number of halogens is 1. The zero-order valence-electron chi connectivity index (χ0n) is 12.3. The lowest BCUT2D eigenvalue weighted by Crippen LogP contribution is -2.36. The van der Waals surface area contributed by atoms with Crippen LogP contribution in [-0.4, -0.2) is 60.1 Å². The molecule has 1 N–H and O–H groups in total. The smallest absolute Gasteiger partial charge is 0.222 e. The highest BCUT2D eigenvalue weighted by atomic mass is 79.9. The molecule has 0 unspecified atom stereocenters. The van der Waals surface area contributed by atoms with Crippen LogP contribution in [0.15, 0.2) is 28.7 Å². The standard InChI is InChI=1S/C16H23BrN2O2/c17-15-4-1-3-14(13-15)5-6-16(21)19-8-2-7-18(9-10-19)11-12-20/h1,3-4,13,20H,2,5-12H2. The van der Waals surface area contributed by atoms with Crippen molar-refractivity contribution in [3.63, 3.8) is 0 Å². The molecule has 1 fully saturated rings. The Hall–Kier alpha value is -0.910. The van der Waals surface area contributed by atoms with Crippen LogP contribution >= 0.6 is 15.9 Å². The number of aryl methyl sites for hydroxylation is 1. The molecular weight excluding hydrogens is 332 g/mol. The predicted octanol–water partition coefficient (Wildman–Crippen LogP) is 1.91. The monoisotopic (exact) mass is 354 g/mol. The highest BCUT2D eigenvalue weighted by Crippen LogP contribution is 2.14. The Kier molecular flexibility index (Phi) is 6.67. The quantitative estimate of drug-likeness (QED) is 0.878. The van der Waals surface area contributed by atoms with Crippen molar-refractivity contribution in [1.82, 2.24) is 9.80 Å². The second kappa shape index (κ2) is 8.51. The molecule has 1 aliphatic rings. The van der Waals surface area contributed by atoms with Gasteiger partial charge in [0.2, 0.25) is 5.91 Å². The van der Waals surface area contributed by atoms with Crippen molar-refractivity contribution >= 4 is 21.8 Å². The van der Waals surface area contributed by atoms with Gasteiger partial charge < -0.3 is 10.0 Å². The van der Waals surface area contributed by atoms with Crippen LogP contribution in [0.2, 0.25) is 0 Å². The molecule has 0 radical (unpaired) electrons. The van der Waals surface area contributed by atoms with Crippen molar-refractivity contribution in [3.05, 3.63) is 34.3 Å². The van der Waals surface area contributed by atoms with E-state index in [0.29, 0.717) is 13.0 Å². The number of benzene rings is 1. The second-order valence-electron chi connectivity index (χ2n) is 5.43. The van der Waals surface area contributed by atoms with Crippen molar-refractivity contribution in [2.24, 2.45) is 0 Å². The number of nitrogens with zero attached hydrogens (tertiary/aromatic N) is 2. The molecule has 1 heterocycles. The van der Waals surface area contributed by atoms with Crippen molar-refractivity contribution in [1.29, 1.82) is 0 Å². The van der Waals surface area contributed by atoms with Crippen LogP contribution < -0.4 is 0 Å². The van der Waals surface area contributed by atoms with Crippen LogP contribution in [0.4, 0.5) is 0 Å². The van der Waals surface area contributed by atoms with Crippen LogP contribution in [0.1, 0.15) is 18.4 Å². The molecule has 0 bridgehead atoms. The van der Waals surface area contributed by atoms with Crippen molar-refractivity contribution in [2.75, 3.05) is 39.3 Å². The fourth-order valence-electron chi connectivity index (χ4n) is 2.69. The SMILES string of the molecule is O=C(CCc1cccc(Br)c1)N1CCCN(CCO)CC1. The fraction of sp³-hybridized carbons (Fsp3) is 0.562. The number of carbonyl (C=O) groups is 1. The summed E-state index contributed by atoms with van der Waals surface area (Å²) >= 11 is 3.46. The number of aliphatic hydroxyl groups is 1. The van der Waals surface area contributed by atoms with E-state index < -0.39 is 0 Å². The van der Waals surface area contributed by atoms with E-state index in [0.717, 1.165) is 43.5 Å². The van der Waals surface area contributed by atoms with Crippen LogP contribution in [0.25, 0.3) is 0 Å². The average Bonchev–Trinajstić information content (AvgIpc) is 2.71. The van der Waals surface area contributed by atoms with E-state index in [1.807, 2.05) is 17.0 Å². The summed E-state index contributed by atoms with van der Waals surface area (Å²) in [5, 5.41) is 8.99. The third-order valence-corrected chi connectivity index (χ3v) is 4.37. The first kappa shape index (κ1) is 16.5. The van der Waals surface area contributed by atoms with Gasteiger partial charge >= 0.3 is 0 Å². The predicted molar refractivity (Wildman–Crippen MR) is 87.2 cm³/mol. The lowest BCUT2D eigenvalue weighted by molar-refractivity contribution is -0.131. The Labute approximate surface area is 134 Å². The maximum absolute atomic E-state index is 12.3. The van der Waals surface area contributed by atoms with Crippen LogP contribution in [0.5, 0.6) is 0 Å². The first-order valence-electron chi connectivity index (χ1n) is 7.54. The molecule has 1 aromatic rings. The first-order chi connectivity index (χ1) is 10.2. The van der Waals surface area contributed by atoms with Gasteiger partial charge in [-0.1, -0.05) is 28.1 Å². The van der Waals surface area contributed by atoms with Crippen LogP contribution in [0, 0.1) is 0 Å². The topological polar surface area (TPSA) is 43.8 Å². The minimum Gasteiger partial charge on any atom is -0.395 e. The molecule has 116 valence electrons. The van der Waals surface area contributed by atoms with Gasteiger partial charge in [0.05, 0.1) is 6.61 Å². The van der Waals surface area contributed by atoms with Gasteiger partial charge in [0.25, 0.3) is 0 Å². The van der Waals surface area contributed by atoms with E-state index in [1.165, 1.54) is 5.56 Å². The first-order valence-corrected chi connectivity index (χ1v) is 8.34. The van der Waals surface area contributed by atoms with Gasteiger partial charge in [-0.15, -0.1) is 0 Å². The highest BCUT2D eigenvalue weighted by Gasteiger charge is 2.18. The Morgan fingerprint density at radius 3 is 2.86 bits per heavy atom. The van der Waals surface area contributed by atoms with E-state index >= 15 is 0 Å². The van der Waals surface area contributed by atoms with E-state index in [9.17, 15) is 4.79 Å². The molecule has 1 amide bonds. The van der Waals surface area contributed by atoms with Gasteiger partial charge in [0.1, 0.15) is 0 Å². The van der Waals surface area contributed by atoms with E-state index in [4.69, 9.17) is 5.11 Å². The number of β-amino-alcohol motifs (C(OH)–C–C–N with tert-alkyl or cyclic N) is 1. The number of rotatable bonds is 5. The summed E-state index contributed by atoms with van der Waals surface area (Å²) in [4.78, 5) is 16.5. The molecule has 0 aliphatic carbocycles. The van der Waals surface area contributed by atoms with Gasteiger partial charge in [-0.25, -0.2) is 0 Å². The zero-order chi connectivity index (χ0) is 15.1. The third kappa shape index (κ3) is 5.41. The van der Waals surface area contributed by atoms with Crippen LogP contribution in [-0.2, 0) is 11.2 Å². The Bertz CT molecular complexity index is 467. The van der Waals surface area contributed by atoms with Crippen molar-refractivity contribution in [3.8, 4) is 0 Å². The number of carbonyl (C=O) groups excluding carboxylic acids is 1. The van der Waals surface area contributed by atoms with Gasteiger partial charge in [0, 0.05) is 37.1 Å². The second-order valence-corrected chi connectivity index (χ2v) is 6.35. The molecule has 5 heteroatoms. The Morgan fingerprint density at radius 1 is 1.24 bits per heavy atom. The normalized spacial score (nSPS) is 16.8. The summed E-state index contributed by atoms with van der Waals surface area (Å²) in [6.45, 7) is 4.34. The molecule has 0 aromatic heterocycles. The van der Waals surface area contributed by atoms with Gasteiger partial charge in [-0.2, -0.15) is 0 Å². The van der Waals surface area contributed by atoms with Gasteiger partial charge in [-0.05, 0) is 37.1 Å². The molecule has 1 aliphatic heterocycles. The molecule has 4 nitrogen and oxygen atoms in total. The highest BCUT2D eigenvalue weighted by molar-refractivity contribution is 9.10. The molecule has 21 heavy (non-hydrogen) atoms. The largest absolute Gasteiger partial charge is 0.395 e. The summed E-state index contributed by atoms with van der Waals surface area (Å²) in [6.07, 6.45) is 2.34. The zero-order valence-corrected chi connectivity index (χ0v) is 13.9. The fourth-order valence-corrected chi connectivity index (χ4v) is 3.13. The summed E-state index contributed by atoms with van der Waals surface area (Å²) in [5.74, 6) is 0.237. The lowest BCUT2D eigenvalue weighted by Gasteiger charge is -2.21. The van der Waals surface area contributed by atoms with Crippen molar-refractivity contribution in [2.45, 2.75) is 19.3 Å². The molecule has 1 aromatic carbocycles. The number of aliphatic hydroxyl groups excluding tert-OH is 1. The van der Waals surface area contributed by atoms with Crippen molar-refractivity contribution < 1.29 is 9.90 Å². The Morgan fingerprint density at radius 2 is 2.10 bits per heavy atom. The van der Waals surface area contributed by atoms with Gasteiger partial charge in [0.15, 0.2) is 0 Å². The van der Waals surface area contributed by atoms with Gasteiger partial charge in [-0.3, -0.25) is 9.69 Å². The number of hydrogen-bond donors (Lipinski definition) is 1. The molecular formula is C16H23BrN2O2. The number of hydrogen-bond acceptors (Lipinski definition) is 3. The third-order valence-electron chi connectivity index (χ3n) is 3.87. The summed E-state index contributed by atoms with van der Waals surface area (Å²) in [7, 11) is 0. The summed E-state index contributed by atoms with van der Waals surface area (Å²) in [6, 6.07) is 8.13. The molecule has 0 spiro atoms. The lowest BCUT2D eigenvalue weighted by atomic mass is 10.1. The minimum atomic E-state index is 0.191. The van der Waals surface area contributed by atoms with E-state index in [-0.39, 0.29) is 12.5 Å². The molecule has 0 atom stereocenters. The molecule has 1 saturated heterocycles. The maximum atomic E-state index is 12.3. The molecule has 2 rings (SSSR count). The minimum absolute atomic E-state index is 0.191. The summed E-state index contributed by atoms with van der Waals surface area (Å²) in [5.41, 5.74) is 1.19. The van der Waals surface area contributed by atoms with E-state index in [1.54, 1.807) is 0 Å². The van der Waals surface area contributed by atoms with E-state index in [2.05, 4.69) is 33.0 Å². The Balaban J connectivity index is 1.80. The summed E-state index contributed by atoms with van der Waals surface area (Å²) < 4.78 is 1.06. The average molecular weight is 355 g/mol. The molecule has 0 saturated carbocycles. The van der Waals surface area contributed by atoms with Crippen LogP contribution in [0.3, 0.4) is 0 Å². The maximum Gasteiger partial charge on any atom is 0.222 e. The number of amides is 1.